The number of ether oxygens (including phenoxy) is 1. The van der Waals surface area contributed by atoms with Crippen molar-refractivity contribution in [3.63, 3.8) is 0 Å². The van der Waals surface area contributed by atoms with Crippen molar-refractivity contribution in [1.82, 2.24) is 0 Å². The number of nitrogens with zero attached hydrogens (tertiary/aromatic N) is 2. The van der Waals surface area contributed by atoms with Crippen LogP contribution in [0.15, 0.2) is 42.5 Å². The van der Waals surface area contributed by atoms with E-state index < -0.39 is 10.7 Å². The second kappa shape index (κ2) is 6.24. The Kier molecular flexibility index (Phi) is 4.14. The van der Waals surface area contributed by atoms with Crippen LogP contribution in [0.2, 0.25) is 0 Å². The average molecular weight is 316 g/mol. The average Bonchev–Trinajstić information content (AvgIpc) is 3.38. The quantitative estimate of drug-likeness (QED) is 0.599. The fourth-order valence-corrected chi connectivity index (χ4v) is 2.61. The third-order valence-corrected chi connectivity index (χ3v) is 3.94. The summed E-state index contributed by atoms with van der Waals surface area (Å²) in [6, 6.07) is 11.6. The zero-order valence-corrected chi connectivity index (χ0v) is 12.7. The van der Waals surface area contributed by atoms with Gasteiger partial charge in [0.25, 0.3) is 5.69 Å². The molecule has 1 saturated carbocycles. The van der Waals surface area contributed by atoms with Crippen molar-refractivity contribution in [3.8, 4) is 5.75 Å². The van der Waals surface area contributed by atoms with Gasteiger partial charge in [-0.1, -0.05) is 12.1 Å². The predicted molar refractivity (Wildman–Crippen MR) is 85.3 cm³/mol. The van der Waals surface area contributed by atoms with Crippen LogP contribution >= 0.6 is 0 Å². The number of halogens is 1. The van der Waals surface area contributed by atoms with Gasteiger partial charge in [-0.2, -0.15) is 0 Å². The molecule has 0 bridgehead atoms. The smallest absolute Gasteiger partial charge is 0.295 e. The van der Waals surface area contributed by atoms with E-state index in [0.29, 0.717) is 12.2 Å². The standard InChI is InChI=1S/C17H17FN2O3/c1-23-15-7-2-12(3-8-15)11-19(14-5-6-14)16-9-4-13(18)10-17(16)20(21)22/h2-4,7-10,14H,5-6,11H2,1H3. The third kappa shape index (κ3) is 3.41. The first-order valence-electron chi connectivity index (χ1n) is 7.42. The molecule has 0 aliphatic heterocycles. The number of nitro groups is 1. The summed E-state index contributed by atoms with van der Waals surface area (Å²) in [6.45, 7) is 0.543. The number of methoxy groups -OCH3 is 1. The van der Waals surface area contributed by atoms with Gasteiger partial charge in [0.15, 0.2) is 0 Å². The number of anilines is 1. The lowest BCUT2D eigenvalue weighted by Gasteiger charge is -2.24. The highest BCUT2D eigenvalue weighted by molar-refractivity contribution is 5.64. The van der Waals surface area contributed by atoms with Crippen LogP contribution in [0.1, 0.15) is 18.4 Å². The van der Waals surface area contributed by atoms with Crippen molar-refractivity contribution in [1.29, 1.82) is 0 Å². The molecule has 3 rings (SSSR count). The summed E-state index contributed by atoms with van der Waals surface area (Å²) in [4.78, 5) is 12.7. The molecule has 1 fully saturated rings. The van der Waals surface area contributed by atoms with Crippen molar-refractivity contribution in [2.45, 2.75) is 25.4 Å². The fourth-order valence-electron chi connectivity index (χ4n) is 2.61. The first-order chi connectivity index (χ1) is 11.1. The maximum absolute atomic E-state index is 13.4. The van der Waals surface area contributed by atoms with E-state index in [9.17, 15) is 14.5 Å². The fraction of sp³-hybridized carbons (Fsp3) is 0.294. The summed E-state index contributed by atoms with van der Waals surface area (Å²) < 4.78 is 18.5. The van der Waals surface area contributed by atoms with Crippen molar-refractivity contribution in [2.75, 3.05) is 12.0 Å². The monoisotopic (exact) mass is 316 g/mol. The minimum Gasteiger partial charge on any atom is -0.497 e. The lowest BCUT2D eigenvalue weighted by molar-refractivity contribution is -0.384. The van der Waals surface area contributed by atoms with Crippen molar-refractivity contribution < 1.29 is 14.1 Å². The Morgan fingerprint density at radius 2 is 1.96 bits per heavy atom. The van der Waals surface area contributed by atoms with Gasteiger partial charge in [0.2, 0.25) is 0 Å². The van der Waals surface area contributed by atoms with Gasteiger partial charge in [-0.05, 0) is 42.7 Å². The van der Waals surface area contributed by atoms with Crippen LogP contribution in [0.5, 0.6) is 5.75 Å². The lowest BCUT2D eigenvalue weighted by Crippen LogP contribution is -2.25. The Morgan fingerprint density at radius 3 is 2.52 bits per heavy atom. The van der Waals surface area contributed by atoms with Crippen molar-refractivity contribution in [3.05, 3.63) is 64.0 Å². The van der Waals surface area contributed by atoms with Gasteiger partial charge in [0.1, 0.15) is 17.3 Å². The molecule has 120 valence electrons. The van der Waals surface area contributed by atoms with E-state index in [1.165, 1.54) is 12.1 Å². The Labute approximate surface area is 133 Å². The van der Waals surface area contributed by atoms with E-state index in [-0.39, 0.29) is 11.7 Å². The van der Waals surface area contributed by atoms with Gasteiger partial charge < -0.3 is 9.64 Å². The second-order valence-electron chi connectivity index (χ2n) is 5.60. The molecule has 0 atom stereocenters. The van der Waals surface area contributed by atoms with Gasteiger partial charge in [-0.25, -0.2) is 4.39 Å². The Morgan fingerprint density at radius 1 is 1.26 bits per heavy atom. The normalized spacial score (nSPS) is 13.7. The predicted octanol–water partition coefficient (Wildman–Crippen LogP) is 3.91. The van der Waals surface area contributed by atoms with E-state index >= 15 is 0 Å². The number of nitro benzene ring substituents is 1. The lowest BCUT2D eigenvalue weighted by atomic mass is 10.1. The summed E-state index contributed by atoms with van der Waals surface area (Å²) in [5, 5.41) is 11.3. The summed E-state index contributed by atoms with van der Waals surface area (Å²) in [6.07, 6.45) is 1.98. The molecule has 1 aliphatic rings. The van der Waals surface area contributed by atoms with Crippen LogP contribution < -0.4 is 9.64 Å². The van der Waals surface area contributed by atoms with Crippen LogP contribution in [-0.4, -0.2) is 18.1 Å². The summed E-state index contributed by atoms with van der Waals surface area (Å²) in [5.41, 5.74) is 1.30. The van der Waals surface area contributed by atoms with Crippen molar-refractivity contribution in [2.24, 2.45) is 0 Å². The molecular formula is C17H17FN2O3. The zero-order valence-electron chi connectivity index (χ0n) is 12.7. The molecule has 0 unspecified atom stereocenters. The van der Waals surface area contributed by atoms with E-state index in [1.54, 1.807) is 7.11 Å². The largest absolute Gasteiger partial charge is 0.497 e. The van der Waals surface area contributed by atoms with Crippen LogP contribution in [-0.2, 0) is 6.54 Å². The van der Waals surface area contributed by atoms with Crippen LogP contribution in [0.3, 0.4) is 0 Å². The molecule has 2 aromatic carbocycles. The summed E-state index contributed by atoms with van der Waals surface area (Å²) in [7, 11) is 1.60. The number of rotatable bonds is 6. The van der Waals surface area contributed by atoms with Gasteiger partial charge in [0.05, 0.1) is 18.1 Å². The molecular weight excluding hydrogens is 299 g/mol. The zero-order chi connectivity index (χ0) is 16.4. The van der Waals surface area contributed by atoms with Crippen LogP contribution in [0.25, 0.3) is 0 Å². The SMILES string of the molecule is COc1ccc(CN(c2ccc(F)cc2[N+](=O)[O-])C2CC2)cc1. The molecule has 0 saturated heterocycles. The number of benzene rings is 2. The summed E-state index contributed by atoms with van der Waals surface area (Å²) >= 11 is 0. The minimum atomic E-state index is -0.597. The number of hydrogen-bond donors (Lipinski definition) is 0. The van der Waals surface area contributed by atoms with Crippen LogP contribution in [0.4, 0.5) is 15.8 Å². The Hall–Kier alpha value is -2.63. The third-order valence-electron chi connectivity index (χ3n) is 3.94. The molecule has 0 heterocycles. The highest BCUT2D eigenvalue weighted by Crippen LogP contribution is 2.38. The van der Waals surface area contributed by atoms with Crippen molar-refractivity contribution >= 4 is 11.4 Å². The Balaban J connectivity index is 1.91. The topological polar surface area (TPSA) is 55.6 Å². The van der Waals surface area contributed by atoms with Gasteiger partial charge in [-0.3, -0.25) is 10.1 Å². The maximum Gasteiger partial charge on any atom is 0.295 e. The molecule has 1 aliphatic carbocycles. The molecule has 0 N–H and O–H groups in total. The molecule has 6 heteroatoms. The second-order valence-corrected chi connectivity index (χ2v) is 5.60. The number of hydrogen-bond acceptors (Lipinski definition) is 4. The van der Waals surface area contributed by atoms with E-state index in [1.807, 2.05) is 29.2 Å². The highest BCUT2D eigenvalue weighted by atomic mass is 19.1. The highest BCUT2D eigenvalue weighted by Gasteiger charge is 2.33. The molecule has 0 amide bonds. The molecule has 5 nitrogen and oxygen atoms in total. The molecule has 2 aromatic rings. The molecule has 0 aromatic heterocycles. The van der Waals surface area contributed by atoms with E-state index in [0.717, 1.165) is 30.2 Å². The van der Waals surface area contributed by atoms with E-state index in [2.05, 4.69) is 0 Å². The van der Waals surface area contributed by atoms with Gasteiger partial charge >= 0.3 is 0 Å². The molecule has 0 radical (unpaired) electrons. The van der Waals surface area contributed by atoms with Gasteiger partial charge in [0, 0.05) is 12.6 Å². The Bertz CT molecular complexity index is 714. The molecule has 23 heavy (non-hydrogen) atoms. The minimum absolute atomic E-state index is 0.189. The molecule has 0 spiro atoms. The van der Waals surface area contributed by atoms with E-state index in [4.69, 9.17) is 4.74 Å². The first kappa shape index (κ1) is 15.3. The summed E-state index contributed by atoms with van der Waals surface area (Å²) in [5.74, 6) is 0.167. The first-order valence-corrected chi connectivity index (χ1v) is 7.42. The van der Waals surface area contributed by atoms with Crippen LogP contribution in [0, 0.1) is 15.9 Å². The maximum atomic E-state index is 13.4. The van der Waals surface area contributed by atoms with Gasteiger partial charge in [-0.15, -0.1) is 0 Å².